The summed E-state index contributed by atoms with van der Waals surface area (Å²) in [7, 11) is 0. The first-order valence-electron chi connectivity index (χ1n) is 14.9. The van der Waals surface area contributed by atoms with Crippen molar-refractivity contribution in [2.45, 2.75) is 63.6 Å². The Balaban J connectivity index is 1.35. The number of nitrogens with zero attached hydrogens (tertiary/aromatic N) is 3. The lowest BCUT2D eigenvalue weighted by molar-refractivity contribution is -0.132. The molecule has 1 aliphatic heterocycles. The number of carbonyl (C=O) groups is 3. The van der Waals surface area contributed by atoms with E-state index in [4.69, 9.17) is 5.73 Å². The molecular weight excluding hydrogens is 540 g/mol. The number of likely N-dealkylation sites (tertiary alicyclic amines) is 1. The standard InChI is InChI=1S/C34H40N6O3/c1-34(2,35)33(43)37-28(16-10-13-24-11-4-3-5-12-24)31(41)38-29-22-40(23-36-29)30(32(42)39-19-8-9-20-39)27-18-17-25-14-6-7-15-26(25)21-27/h3-7,11-12,14-15,17-18,21-23,28,30H,8-10,13,16,19-20,35H2,1-2H3,(H,37,43)(H,38,41). The minimum Gasteiger partial charge on any atom is -0.343 e. The third kappa shape index (κ3) is 7.48. The van der Waals surface area contributed by atoms with E-state index in [-0.39, 0.29) is 11.8 Å². The molecule has 0 bridgehead atoms. The molecule has 2 unspecified atom stereocenters. The molecule has 9 nitrogen and oxygen atoms in total. The molecule has 2 heterocycles. The highest BCUT2D eigenvalue weighted by molar-refractivity contribution is 5.98. The van der Waals surface area contributed by atoms with Gasteiger partial charge in [0.05, 0.1) is 11.9 Å². The molecule has 4 aromatic rings. The number of hydrogen-bond acceptors (Lipinski definition) is 5. The van der Waals surface area contributed by atoms with Crippen molar-refractivity contribution >= 4 is 34.3 Å². The maximum atomic E-state index is 13.8. The minimum absolute atomic E-state index is 0.000660. The zero-order valence-electron chi connectivity index (χ0n) is 24.8. The summed E-state index contributed by atoms with van der Waals surface area (Å²) >= 11 is 0. The Hall–Kier alpha value is -4.50. The smallest absolute Gasteiger partial charge is 0.250 e. The van der Waals surface area contributed by atoms with Crippen LogP contribution in [0, 0.1) is 0 Å². The number of carbonyl (C=O) groups excluding carboxylic acids is 3. The number of rotatable bonds is 11. The highest BCUT2D eigenvalue weighted by Crippen LogP contribution is 2.27. The Morgan fingerprint density at radius 2 is 1.65 bits per heavy atom. The highest BCUT2D eigenvalue weighted by Gasteiger charge is 2.31. The van der Waals surface area contributed by atoms with Crippen molar-refractivity contribution in [3.63, 3.8) is 0 Å². The van der Waals surface area contributed by atoms with E-state index in [1.54, 1.807) is 30.9 Å². The van der Waals surface area contributed by atoms with Gasteiger partial charge in [0.25, 0.3) is 0 Å². The molecule has 4 N–H and O–H groups in total. The van der Waals surface area contributed by atoms with Gasteiger partial charge < -0.3 is 25.8 Å². The van der Waals surface area contributed by atoms with Crippen LogP contribution < -0.4 is 16.4 Å². The molecular formula is C34H40N6O3. The Bertz CT molecular complexity index is 1570. The summed E-state index contributed by atoms with van der Waals surface area (Å²) in [6.45, 7) is 4.66. The molecule has 43 heavy (non-hydrogen) atoms. The van der Waals surface area contributed by atoms with Crippen LogP contribution in [0.1, 0.15) is 56.7 Å². The van der Waals surface area contributed by atoms with Crippen LogP contribution in [-0.4, -0.2) is 56.8 Å². The average molecular weight is 581 g/mol. The van der Waals surface area contributed by atoms with E-state index in [0.717, 1.165) is 54.3 Å². The maximum Gasteiger partial charge on any atom is 0.250 e. The lowest BCUT2D eigenvalue weighted by Gasteiger charge is -2.25. The number of fused-ring (bicyclic) bond motifs is 1. The second-order valence-corrected chi connectivity index (χ2v) is 11.9. The van der Waals surface area contributed by atoms with Gasteiger partial charge in [-0.15, -0.1) is 0 Å². The molecule has 0 aliphatic carbocycles. The first kappa shape index (κ1) is 30.0. The van der Waals surface area contributed by atoms with Gasteiger partial charge in [-0.25, -0.2) is 4.98 Å². The fourth-order valence-electron chi connectivity index (χ4n) is 5.45. The van der Waals surface area contributed by atoms with E-state index >= 15 is 0 Å². The minimum atomic E-state index is -1.14. The first-order valence-corrected chi connectivity index (χ1v) is 14.9. The predicted molar refractivity (Wildman–Crippen MR) is 168 cm³/mol. The predicted octanol–water partition coefficient (Wildman–Crippen LogP) is 4.43. The van der Waals surface area contributed by atoms with Crippen molar-refractivity contribution in [1.29, 1.82) is 0 Å². The van der Waals surface area contributed by atoms with Crippen LogP contribution >= 0.6 is 0 Å². The summed E-state index contributed by atoms with van der Waals surface area (Å²) < 4.78 is 1.76. The highest BCUT2D eigenvalue weighted by atomic mass is 16.2. The molecule has 2 atom stereocenters. The lowest BCUT2D eigenvalue weighted by atomic mass is 10.0. The largest absolute Gasteiger partial charge is 0.343 e. The maximum absolute atomic E-state index is 13.8. The summed E-state index contributed by atoms with van der Waals surface area (Å²) in [5.41, 5.74) is 6.88. The molecule has 0 saturated carbocycles. The average Bonchev–Trinajstić information content (AvgIpc) is 3.70. The van der Waals surface area contributed by atoms with E-state index in [1.165, 1.54) is 0 Å². The number of nitrogens with one attached hydrogen (secondary N) is 2. The van der Waals surface area contributed by atoms with Crippen LogP contribution in [0.4, 0.5) is 5.82 Å². The van der Waals surface area contributed by atoms with E-state index < -0.39 is 23.5 Å². The van der Waals surface area contributed by atoms with Gasteiger partial charge in [-0.3, -0.25) is 14.4 Å². The summed E-state index contributed by atoms with van der Waals surface area (Å²) in [5.74, 6) is -0.492. The fraction of sp³-hybridized carbons (Fsp3) is 0.353. The van der Waals surface area contributed by atoms with E-state index in [1.807, 2.05) is 77.7 Å². The number of imidazole rings is 1. The molecule has 1 aromatic heterocycles. The van der Waals surface area contributed by atoms with Gasteiger partial charge in [-0.2, -0.15) is 0 Å². The summed E-state index contributed by atoms with van der Waals surface area (Å²) in [5, 5.41) is 7.82. The Morgan fingerprint density at radius 1 is 0.953 bits per heavy atom. The molecule has 1 saturated heterocycles. The third-order valence-corrected chi connectivity index (χ3v) is 7.90. The zero-order valence-corrected chi connectivity index (χ0v) is 24.8. The van der Waals surface area contributed by atoms with Crippen molar-refractivity contribution in [3.8, 4) is 0 Å². The van der Waals surface area contributed by atoms with E-state index in [9.17, 15) is 14.4 Å². The van der Waals surface area contributed by atoms with Crippen molar-refractivity contribution in [1.82, 2.24) is 19.8 Å². The number of amides is 3. The second kappa shape index (κ2) is 13.2. The van der Waals surface area contributed by atoms with Crippen LogP contribution in [0.15, 0.2) is 85.3 Å². The molecule has 9 heteroatoms. The normalized spacial score (nSPS) is 14.8. The Labute approximate surface area is 252 Å². The van der Waals surface area contributed by atoms with Crippen LogP contribution in [-0.2, 0) is 20.8 Å². The lowest BCUT2D eigenvalue weighted by Crippen LogP contribution is -2.54. The summed E-state index contributed by atoms with van der Waals surface area (Å²) in [6.07, 6.45) is 7.12. The quantitative estimate of drug-likeness (QED) is 0.242. The molecule has 1 aliphatic rings. The molecule has 224 valence electrons. The number of benzene rings is 3. The van der Waals surface area contributed by atoms with Crippen LogP contribution in [0.25, 0.3) is 10.8 Å². The molecule has 0 spiro atoms. The molecule has 3 amide bonds. The van der Waals surface area contributed by atoms with Crippen molar-refractivity contribution in [2.75, 3.05) is 18.4 Å². The van der Waals surface area contributed by atoms with Crippen molar-refractivity contribution < 1.29 is 14.4 Å². The fourth-order valence-corrected chi connectivity index (χ4v) is 5.45. The topological polar surface area (TPSA) is 122 Å². The van der Waals surface area contributed by atoms with Crippen molar-refractivity contribution in [2.24, 2.45) is 5.73 Å². The van der Waals surface area contributed by atoms with Gasteiger partial charge in [0.15, 0.2) is 5.82 Å². The number of aryl methyl sites for hydroxylation is 1. The van der Waals surface area contributed by atoms with Crippen LogP contribution in [0.5, 0.6) is 0 Å². The van der Waals surface area contributed by atoms with Crippen LogP contribution in [0.3, 0.4) is 0 Å². The molecule has 0 radical (unpaired) electrons. The first-order chi connectivity index (χ1) is 20.7. The number of aromatic nitrogens is 2. The zero-order chi connectivity index (χ0) is 30.4. The third-order valence-electron chi connectivity index (χ3n) is 7.90. The number of hydrogen-bond donors (Lipinski definition) is 3. The van der Waals surface area contributed by atoms with Gasteiger partial charge in [-0.05, 0) is 73.9 Å². The van der Waals surface area contributed by atoms with Gasteiger partial charge in [0, 0.05) is 19.3 Å². The second-order valence-electron chi connectivity index (χ2n) is 11.9. The molecule has 3 aromatic carbocycles. The molecule has 5 rings (SSSR count). The van der Waals surface area contributed by atoms with E-state index in [2.05, 4.69) is 15.6 Å². The Morgan fingerprint density at radius 3 is 2.37 bits per heavy atom. The summed E-state index contributed by atoms with van der Waals surface area (Å²) in [6, 6.07) is 22.7. The molecule has 1 fully saturated rings. The number of nitrogens with two attached hydrogens (primary N) is 1. The number of anilines is 1. The Kier molecular flexibility index (Phi) is 9.21. The van der Waals surface area contributed by atoms with Crippen LogP contribution in [0.2, 0.25) is 0 Å². The monoisotopic (exact) mass is 580 g/mol. The summed E-state index contributed by atoms with van der Waals surface area (Å²) in [4.78, 5) is 46.3. The van der Waals surface area contributed by atoms with E-state index in [0.29, 0.717) is 18.7 Å². The van der Waals surface area contributed by atoms with Gasteiger partial charge in [0.1, 0.15) is 12.1 Å². The van der Waals surface area contributed by atoms with Gasteiger partial charge >= 0.3 is 0 Å². The van der Waals surface area contributed by atoms with Gasteiger partial charge in [-0.1, -0.05) is 66.7 Å². The van der Waals surface area contributed by atoms with Crippen molar-refractivity contribution in [3.05, 3.63) is 96.4 Å². The SMILES string of the molecule is CC(C)(N)C(=O)NC(CCCc1ccccc1)C(=O)Nc1cn(C(C(=O)N2CCCC2)c2ccc3ccccc3c2)cn1. The van der Waals surface area contributed by atoms with Gasteiger partial charge in [0.2, 0.25) is 17.7 Å².